The molecule has 0 aliphatic rings. The second kappa shape index (κ2) is 8.48. The zero-order chi connectivity index (χ0) is 11.7. The molecule has 0 aliphatic carbocycles. The Balaban J connectivity index is 4.06. The van der Waals surface area contributed by atoms with Gasteiger partial charge in [-0.2, -0.15) is 0 Å². The monoisotopic (exact) mass is 240 g/mol. The van der Waals surface area contributed by atoms with Gasteiger partial charge in [0.1, 0.15) is 5.25 Å². The fourth-order valence-corrected chi connectivity index (χ4v) is 1.18. The Hall–Kier alpha value is -0.830. The van der Waals surface area contributed by atoms with Gasteiger partial charge in [-0.25, -0.2) is 4.89 Å². The van der Waals surface area contributed by atoms with E-state index in [2.05, 4.69) is 23.7 Å². The zero-order valence-corrected chi connectivity index (χ0v) is 9.37. The topological polar surface area (TPSA) is 80.3 Å². The molecule has 1 unspecified atom stereocenters. The van der Waals surface area contributed by atoms with E-state index in [-0.39, 0.29) is 6.42 Å². The first kappa shape index (κ1) is 14.2. The van der Waals surface area contributed by atoms with Crippen LogP contribution in [0.4, 0.5) is 0 Å². The lowest BCUT2D eigenvalue weighted by atomic mass is 10.3. The largest absolute Gasteiger partial charge is 0.469 e. The molecule has 0 fully saturated rings. The van der Waals surface area contributed by atoms with Gasteiger partial charge in [0.15, 0.2) is 0 Å². The minimum Gasteiger partial charge on any atom is -0.469 e. The van der Waals surface area contributed by atoms with Crippen LogP contribution in [0.5, 0.6) is 0 Å². The summed E-state index contributed by atoms with van der Waals surface area (Å²) in [5.41, 5.74) is 0. The SMILES string of the molecule is COOOSC(CC(=O)OC)C(=O)OC. The van der Waals surface area contributed by atoms with Crippen molar-refractivity contribution in [3.63, 3.8) is 0 Å². The first-order valence-corrected chi connectivity index (χ1v) is 4.63. The van der Waals surface area contributed by atoms with Crippen molar-refractivity contribution >= 4 is 24.0 Å². The number of esters is 2. The molecule has 0 radical (unpaired) electrons. The van der Waals surface area contributed by atoms with Crippen LogP contribution in [0, 0.1) is 0 Å². The Labute approximate surface area is 91.0 Å². The standard InChI is InChI=1S/C7H12O7S/c1-10-6(8)4-5(7(9)11-2)15-14-13-12-3/h5H,4H2,1-3H3. The Kier molecular flexibility index (Phi) is 8.01. The van der Waals surface area contributed by atoms with Gasteiger partial charge in [0, 0.05) is 0 Å². The second-order valence-electron chi connectivity index (χ2n) is 2.19. The molecule has 0 N–H and O–H groups in total. The first-order valence-electron chi connectivity index (χ1n) is 3.83. The van der Waals surface area contributed by atoms with Gasteiger partial charge in [0.2, 0.25) is 0 Å². The molecule has 0 rings (SSSR count). The lowest BCUT2D eigenvalue weighted by Gasteiger charge is -2.10. The third-order valence-electron chi connectivity index (χ3n) is 1.30. The quantitative estimate of drug-likeness (QED) is 0.206. The summed E-state index contributed by atoms with van der Waals surface area (Å²) in [6, 6.07) is 0. The molecule has 8 heteroatoms. The van der Waals surface area contributed by atoms with Crippen molar-refractivity contribution in [1.29, 1.82) is 0 Å². The highest BCUT2D eigenvalue weighted by molar-refractivity contribution is 7.95. The van der Waals surface area contributed by atoms with Gasteiger partial charge < -0.3 is 9.47 Å². The van der Waals surface area contributed by atoms with E-state index in [1.54, 1.807) is 0 Å². The molecule has 88 valence electrons. The zero-order valence-electron chi connectivity index (χ0n) is 8.55. The molecule has 1 atom stereocenters. The summed E-state index contributed by atoms with van der Waals surface area (Å²) >= 11 is 0.600. The van der Waals surface area contributed by atoms with Crippen LogP contribution in [-0.4, -0.2) is 38.5 Å². The maximum atomic E-state index is 11.1. The van der Waals surface area contributed by atoms with Gasteiger partial charge in [0.25, 0.3) is 0 Å². The number of carbonyl (C=O) groups excluding carboxylic acids is 2. The number of hydrogen-bond donors (Lipinski definition) is 0. The van der Waals surface area contributed by atoms with E-state index >= 15 is 0 Å². The molecule has 0 heterocycles. The van der Waals surface area contributed by atoms with E-state index < -0.39 is 17.2 Å². The minimum absolute atomic E-state index is 0.180. The van der Waals surface area contributed by atoms with Crippen LogP contribution < -0.4 is 0 Å². The summed E-state index contributed by atoms with van der Waals surface area (Å²) in [5.74, 6) is -1.18. The number of carbonyl (C=O) groups is 2. The van der Waals surface area contributed by atoms with Crippen LogP contribution in [0.25, 0.3) is 0 Å². The summed E-state index contributed by atoms with van der Waals surface area (Å²) in [5, 5.41) is 3.21. The Morgan fingerprint density at radius 2 is 1.87 bits per heavy atom. The number of hydrogen-bond acceptors (Lipinski definition) is 8. The average Bonchev–Trinajstić information content (AvgIpc) is 2.26. The van der Waals surface area contributed by atoms with E-state index in [0.29, 0.717) is 12.0 Å². The van der Waals surface area contributed by atoms with Crippen LogP contribution in [-0.2, 0) is 33.3 Å². The van der Waals surface area contributed by atoms with Crippen LogP contribution >= 0.6 is 12.0 Å². The van der Waals surface area contributed by atoms with E-state index in [1.807, 2.05) is 0 Å². The van der Waals surface area contributed by atoms with Crippen molar-refractivity contribution in [3.8, 4) is 0 Å². The third-order valence-corrected chi connectivity index (χ3v) is 2.02. The van der Waals surface area contributed by atoms with Gasteiger partial charge in [-0.3, -0.25) is 9.59 Å². The molecule has 0 aromatic carbocycles. The number of methoxy groups -OCH3 is 2. The van der Waals surface area contributed by atoms with Crippen LogP contribution in [0.1, 0.15) is 6.42 Å². The second-order valence-corrected chi connectivity index (χ2v) is 3.09. The van der Waals surface area contributed by atoms with E-state index in [0.717, 1.165) is 0 Å². The number of ether oxygens (including phenoxy) is 2. The molecule has 0 aliphatic heterocycles. The van der Waals surface area contributed by atoms with Crippen molar-refractivity contribution in [2.45, 2.75) is 11.7 Å². The van der Waals surface area contributed by atoms with Crippen LogP contribution in [0.3, 0.4) is 0 Å². The molecule has 0 saturated heterocycles. The molecular weight excluding hydrogens is 228 g/mol. The predicted octanol–water partition coefficient (Wildman–Crippen LogP) is 0.249. The maximum Gasteiger partial charge on any atom is 0.321 e. The van der Waals surface area contributed by atoms with E-state index in [4.69, 9.17) is 0 Å². The Morgan fingerprint density at radius 1 is 1.20 bits per heavy atom. The number of rotatable bonds is 7. The van der Waals surface area contributed by atoms with Gasteiger partial charge in [0.05, 0.1) is 39.8 Å². The maximum absolute atomic E-state index is 11.1. The highest BCUT2D eigenvalue weighted by Gasteiger charge is 2.25. The lowest BCUT2D eigenvalue weighted by Crippen LogP contribution is -2.23. The van der Waals surface area contributed by atoms with Gasteiger partial charge in [-0.15, -0.1) is 4.33 Å². The molecule has 7 nitrogen and oxygen atoms in total. The molecule has 15 heavy (non-hydrogen) atoms. The third kappa shape index (κ3) is 6.28. The molecular formula is C7H12O7S. The van der Waals surface area contributed by atoms with Crippen molar-refractivity contribution in [3.05, 3.63) is 0 Å². The molecule has 0 aromatic heterocycles. The van der Waals surface area contributed by atoms with E-state index in [9.17, 15) is 9.59 Å². The summed E-state index contributed by atoms with van der Waals surface area (Å²) in [6.45, 7) is 0. The predicted molar refractivity (Wildman–Crippen MR) is 49.2 cm³/mol. The molecule has 0 aromatic rings. The summed E-state index contributed by atoms with van der Waals surface area (Å²) in [7, 11) is 3.65. The molecule has 0 saturated carbocycles. The summed E-state index contributed by atoms with van der Waals surface area (Å²) < 4.78 is 13.2. The van der Waals surface area contributed by atoms with Gasteiger partial charge in [-0.05, 0) is 0 Å². The summed E-state index contributed by atoms with van der Waals surface area (Å²) in [6.07, 6.45) is -0.180. The highest BCUT2D eigenvalue weighted by Crippen LogP contribution is 2.18. The van der Waals surface area contributed by atoms with Crippen LogP contribution in [0.2, 0.25) is 0 Å². The average molecular weight is 240 g/mol. The van der Waals surface area contributed by atoms with Crippen molar-refractivity contribution in [2.75, 3.05) is 21.3 Å². The molecule has 0 bridgehead atoms. The Bertz CT molecular complexity index is 208. The smallest absolute Gasteiger partial charge is 0.321 e. The van der Waals surface area contributed by atoms with Crippen LogP contribution in [0.15, 0.2) is 0 Å². The molecule has 0 spiro atoms. The fraction of sp³-hybridized carbons (Fsp3) is 0.714. The fourth-order valence-electron chi connectivity index (χ4n) is 0.614. The summed E-state index contributed by atoms with van der Waals surface area (Å²) in [4.78, 5) is 26.2. The normalized spacial score (nSPS) is 11.9. The minimum atomic E-state index is -0.863. The van der Waals surface area contributed by atoms with Gasteiger partial charge >= 0.3 is 11.9 Å². The first-order chi connectivity index (χ1) is 7.15. The highest BCUT2D eigenvalue weighted by atomic mass is 32.2. The van der Waals surface area contributed by atoms with E-state index in [1.165, 1.54) is 21.3 Å². The Morgan fingerprint density at radius 3 is 2.33 bits per heavy atom. The van der Waals surface area contributed by atoms with Gasteiger partial charge in [-0.1, -0.05) is 5.04 Å². The van der Waals surface area contributed by atoms with Crippen molar-refractivity contribution in [2.24, 2.45) is 0 Å². The van der Waals surface area contributed by atoms with Crippen molar-refractivity contribution < 1.29 is 33.3 Å². The molecule has 0 amide bonds. The van der Waals surface area contributed by atoms with Crippen molar-refractivity contribution in [1.82, 2.24) is 0 Å². The lowest BCUT2D eigenvalue weighted by molar-refractivity contribution is -0.447.